The van der Waals surface area contributed by atoms with Crippen LogP contribution in [-0.4, -0.2) is 20.1 Å². The van der Waals surface area contributed by atoms with E-state index in [2.05, 4.69) is 27.9 Å². The quantitative estimate of drug-likeness (QED) is 0.218. The minimum atomic E-state index is -0.532. The fourth-order valence-electron chi connectivity index (χ4n) is 3.06. The molecule has 0 aliphatic carbocycles. The smallest absolute Gasteiger partial charge is 0.266 e. The lowest BCUT2D eigenvalue weighted by Crippen LogP contribution is -2.14. The Kier molecular flexibility index (Phi) is 8.33. The highest BCUT2D eigenvalue weighted by molar-refractivity contribution is 14.1. The van der Waals surface area contributed by atoms with Crippen molar-refractivity contribution in [3.63, 3.8) is 0 Å². The molecule has 0 aliphatic rings. The van der Waals surface area contributed by atoms with Crippen molar-refractivity contribution < 1.29 is 19.0 Å². The fraction of sp³-hybridized carbons (Fsp3) is 0.154. The molecule has 0 bridgehead atoms. The first-order valence-electron chi connectivity index (χ1n) is 10.1. The largest absolute Gasteiger partial charge is 0.495 e. The fourth-order valence-corrected chi connectivity index (χ4v) is 3.84. The van der Waals surface area contributed by atoms with Gasteiger partial charge in [0.05, 0.1) is 23.5 Å². The summed E-state index contributed by atoms with van der Waals surface area (Å²) in [6, 6.07) is 20.7. The monoisotopic (exact) mass is 554 g/mol. The van der Waals surface area contributed by atoms with Gasteiger partial charge in [0.1, 0.15) is 24.0 Å². The minimum absolute atomic E-state index is 0.0490. The summed E-state index contributed by atoms with van der Waals surface area (Å²) < 4.78 is 17.6. The highest BCUT2D eigenvalue weighted by Gasteiger charge is 2.15. The number of aryl methyl sites for hydroxylation is 1. The third kappa shape index (κ3) is 6.26. The highest BCUT2D eigenvalue weighted by Crippen LogP contribution is 2.35. The second-order valence-corrected chi connectivity index (χ2v) is 8.29. The van der Waals surface area contributed by atoms with Crippen LogP contribution in [0.4, 0.5) is 5.69 Å². The zero-order chi connectivity index (χ0) is 23.8. The zero-order valence-corrected chi connectivity index (χ0v) is 20.7. The molecule has 3 rings (SSSR count). The summed E-state index contributed by atoms with van der Waals surface area (Å²) >= 11 is 2.15. The number of hydrogen-bond donors (Lipinski definition) is 1. The van der Waals surface area contributed by atoms with Gasteiger partial charge >= 0.3 is 0 Å². The number of amides is 1. The predicted molar refractivity (Wildman–Crippen MR) is 136 cm³/mol. The Morgan fingerprint density at radius 3 is 2.42 bits per heavy atom. The lowest BCUT2D eigenvalue weighted by atomic mass is 10.1. The van der Waals surface area contributed by atoms with Crippen molar-refractivity contribution in [1.82, 2.24) is 0 Å². The molecule has 0 heterocycles. The molecular weight excluding hydrogens is 531 g/mol. The first kappa shape index (κ1) is 24.1. The highest BCUT2D eigenvalue weighted by atomic mass is 127. The molecule has 3 aromatic carbocycles. The van der Waals surface area contributed by atoms with E-state index in [-0.39, 0.29) is 5.57 Å². The molecule has 1 N–H and O–H groups in total. The Labute approximate surface area is 206 Å². The average Bonchev–Trinajstić information content (AvgIpc) is 2.82. The Morgan fingerprint density at radius 2 is 1.76 bits per heavy atom. The van der Waals surface area contributed by atoms with E-state index in [9.17, 15) is 10.1 Å². The molecule has 0 atom stereocenters. The van der Waals surface area contributed by atoms with Crippen LogP contribution in [0.5, 0.6) is 17.2 Å². The second-order valence-electron chi connectivity index (χ2n) is 7.13. The minimum Gasteiger partial charge on any atom is -0.495 e. The molecule has 0 aliphatic heterocycles. The van der Waals surface area contributed by atoms with Gasteiger partial charge in [-0.1, -0.05) is 42.0 Å². The first-order valence-corrected chi connectivity index (χ1v) is 11.1. The SMILES string of the molecule is COc1ccccc1NC(=O)/C(C#N)=C\c1cc(I)c(OCc2ccc(C)cc2)c(OC)c1. The Hall–Kier alpha value is -3.51. The summed E-state index contributed by atoms with van der Waals surface area (Å²) in [5, 5.41) is 12.3. The molecule has 7 heteroatoms. The van der Waals surface area contributed by atoms with Crippen LogP contribution in [0.15, 0.2) is 66.2 Å². The van der Waals surface area contributed by atoms with Gasteiger partial charge in [-0.3, -0.25) is 4.79 Å². The van der Waals surface area contributed by atoms with Gasteiger partial charge in [-0.25, -0.2) is 0 Å². The number of benzene rings is 3. The van der Waals surface area contributed by atoms with Crippen LogP contribution < -0.4 is 19.5 Å². The number of carbonyl (C=O) groups is 1. The van der Waals surface area contributed by atoms with E-state index in [4.69, 9.17) is 14.2 Å². The third-order valence-electron chi connectivity index (χ3n) is 4.79. The number of methoxy groups -OCH3 is 2. The summed E-state index contributed by atoms with van der Waals surface area (Å²) in [6.45, 7) is 2.43. The number of nitriles is 1. The summed E-state index contributed by atoms with van der Waals surface area (Å²) in [5.74, 6) is 1.10. The number of nitrogens with one attached hydrogen (secondary N) is 1. The molecule has 0 fully saturated rings. The van der Waals surface area contributed by atoms with Crippen molar-refractivity contribution in [3.05, 3.63) is 86.5 Å². The van der Waals surface area contributed by atoms with Crippen LogP contribution in [0.3, 0.4) is 0 Å². The molecule has 168 valence electrons. The summed E-state index contributed by atoms with van der Waals surface area (Å²) in [7, 11) is 3.07. The topological polar surface area (TPSA) is 80.6 Å². The van der Waals surface area contributed by atoms with Gasteiger partial charge in [0.25, 0.3) is 5.91 Å². The molecule has 3 aromatic rings. The van der Waals surface area contributed by atoms with Gasteiger partial charge in [0, 0.05) is 0 Å². The molecule has 0 unspecified atom stereocenters. The maximum Gasteiger partial charge on any atom is 0.266 e. The van der Waals surface area contributed by atoms with E-state index in [0.717, 1.165) is 9.13 Å². The number of halogens is 1. The van der Waals surface area contributed by atoms with Crippen LogP contribution in [0.25, 0.3) is 6.08 Å². The predicted octanol–water partition coefficient (Wildman–Crippen LogP) is 5.74. The van der Waals surface area contributed by atoms with Gasteiger partial charge < -0.3 is 19.5 Å². The molecule has 0 saturated heterocycles. The molecule has 0 saturated carbocycles. The van der Waals surface area contributed by atoms with Crippen molar-refractivity contribution in [2.24, 2.45) is 0 Å². The molecule has 1 amide bonds. The molecule has 0 radical (unpaired) electrons. The van der Waals surface area contributed by atoms with E-state index in [0.29, 0.717) is 35.1 Å². The van der Waals surface area contributed by atoms with Crippen molar-refractivity contribution in [3.8, 4) is 23.3 Å². The van der Waals surface area contributed by atoms with Gasteiger partial charge in [0.15, 0.2) is 11.5 Å². The average molecular weight is 554 g/mol. The van der Waals surface area contributed by atoms with Crippen LogP contribution in [0, 0.1) is 21.8 Å². The van der Waals surface area contributed by atoms with Gasteiger partial charge in [-0.05, 0) is 71.0 Å². The van der Waals surface area contributed by atoms with Gasteiger partial charge in [-0.2, -0.15) is 5.26 Å². The Bertz CT molecular complexity index is 1210. The van der Waals surface area contributed by atoms with E-state index in [1.165, 1.54) is 18.7 Å². The lowest BCUT2D eigenvalue weighted by molar-refractivity contribution is -0.112. The van der Waals surface area contributed by atoms with Crippen molar-refractivity contribution in [2.75, 3.05) is 19.5 Å². The second kappa shape index (κ2) is 11.4. The van der Waals surface area contributed by atoms with E-state index < -0.39 is 5.91 Å². The van der Waals surface area contributed by atoms with Gasteiger partial charge in [0.2, 0.25) is 0 Å². The number of anilines is 1. The van der Waals surface area contributed by atoms with Crippen LogP contribution >= 0.6 is 22.6 Å². The standard InChI is InChI=1S/C26H23IN2O4/c1-17-8-10-18(11-9-17)16-33-25-21(27)13-19(14-24(25)32-3)12-20(15-28)26(30)29-22-6-4-5-7-23(22)31-2/h4-14H,16H2,1-3H3,(H,29,30)/b20-12-. The summed E-state index contributed by atoms with van der Waals surface area (Å²) in [4.78, 5) is 12.7. The van der Waals surface area contributed by atoms with Crippen molar-refractivity contribution >= 4 is 40.3 Å². The summed E-state index contributed by atoms with van der Waals surface area (Å²) in [5.41, 5.74) is 3.31. The molecule has 33 heavy (non-hydrogen) atoms. The van der Waals surface area contributed by atoms with Crippen molar-refractivity contribution in [2.45, 2.75) is 13.5 Å². The molecule has 0 aromatic heterocycles. The number of hydrogen-bond acceptors (Lipinski definition) is 5. The van der Waals surface area contributed by atoms with Crippen LogP contribution in [0.1, 0.15) is 16.7 Å². The van der Waals surface area contributed by atoms with E-state index in [1.54, 1.807) is 37.4 Å². The number of nitrogens with zero attached hydrogens (tertiary/aromatic N) is 1. The van der Waals surface area contributed by atoms with E-state index in [1.807, 2.05) is 43.3 Å². The number of ether oxygens (including phenoxy) is 3. The number of carbonyl (C=O) groups excluding carboxylic acids is 1. The number of para-hydroxylation sites is 2. The maximum atomic E-state index is 12.7. The summed E-state index contributed by atoms with van der Waals surface area (Å²) in [6.07, 6.45) is 1.51. The normalized spacial score (nSPS) is 10.8. The van der Waals surface area contributed by atoms with Gasteiger partial charge in [-0.15, -0.1) is 0 Å². The van der Waals surface area contributed by atoms with Crippen LogP contribution in [-0.2, 0) is 11.4 Å². The first-order chi connectivity index (χ1) is 15.9. The number of rotatable bonds is 8. The zero-order valence-electron chi connectivity index (χ0n) is 18.5. The maximum absolute atomic E-state index is 12.7. The molecule has 6 nitrogen and oxygen atoms in total. The van der Waals surface area contributed by atoms with E-state index >= 15 is 0 Å². The Morgan fingerprint density at radius 1 is 1.06 bits per heavy atom. The third-order valence-corrected chi connectivity index (χ3v) is 5.59. The van der Waals surface area contributed by atoms with Crippen molar-refractivity contribution in [1.29, 1.82) is 5.26 Å². The molecular formula is C26H23IN2O4. The Balaban J connectivity index is 1.82. The van der Waals surface area contributed by atoms with Crippen LogP contribution in [0.2, 0.25) is 0 Å². The molecule has 0 spiro atoms. The lowest BCUT2D eigenvalue weighted by Gasteiger charge is -2.14.